The molecule has 0 radical (unpaired) electrons. The molecule has 0 bridgehead atoms. The van der Waals surface area contributed by atoms with Gasteiger partial charge < -0.3 is 0 Å². The van der Waals surface area contributed by atoms with Crippen molar-refractivity contribution in [3.63, 3.8) is 0 Å². The van der Waals surface area contributed by atoms with Gasteiger partial charge in [-0.25, -0.2) is 4.31 Å². The largest absolute Gasteiger partial charge is 0.287 e. The Morgan fingerprint density at radius 1 is 0.727 bits per heavy atom. The van der Waals surface area contributed by atoms with Crippen LogP contribution in [0, 0.1) is 25.7 Å². The Bertz CT molecular complexity index is 1200. The second-order valence-corrected chi connectivity index (χ2v) is 12.1. The predicted octanol–water partition coefficient (Wildman–Crippen LogP) is 7.89. The third-order valence-corrected chi connectivity index (χ3v) is 8.49. The van der Waals surface area contributed by atoms with Gasteiger partial charge in [-0.05, 0) is 103 Å². The van der Waals surface area contributed by atoms with E-state index in [-0.39, 0.29) is 0 Å². The molecule has 2 aliphatic rings. The smallest absolute Gasteiger partial charge is 0.0728 e. The zero-order chi connectivity index (χ0) is 23.1. The van der Waals surface area contributed by atoms with Crippen LogP contribution in [0.1, 0.15) is 42.5 Å². The molecule has 3 aromatic carbocycles. The summed E-state index contributed by atoms with van der Waals surface area (Å²) in [6.45, 7) is 11.4. The summed E-state index contributed by atoms with van der Waals surface area (Å²) in [6.07, 6.45) is 1.34. The summed E-state index contributed by atoms with van der Waals surface area (Å²) in [6, 6.07) is 20.5. The molecule has 33 heavy (non-hydrogen) atoms. The maximum atomic E-state index is 4.74. The number of hydrogen-bond acceptors (Lipinski definition) is 4. The van der Waals surface area contributed by atoms with Crippen molar-refractivity contribution in [1.82, 2.24) is 4.31 Å². The molecule has 1 heterocycles. The van der Waals surface area contributed by atoms with E-state index >= 15 is 0 Å². The third-order valence-electron chi connectivity index (χ3n) is 6.51. The minimum atomic E-state index is 0.765. The van der Waals surface area contributed by atoms with Crippen molar-refractivity contribution >= 4 is 29.4 Å². The van der Waals surface area contributed by atoms with E-state index in [2.05, 4.69) is 86.6 Å². The number of benzene rings is 3. The van der Waals surface area contributed by atoms with Crippen LogP contribution in [0.15, 0.2) is 74.3 Å². The van der Waals surface area contributed by atoms with Gasteiger partial charge in [0.05, 0.1) is 5.71 Å². The zero-order valence-electron chi connectivity index (χ0n) is 20.2. The lowest BCUT2D eigenvalue weighted by Crippen LogP contribution is -2.33. The number of aryl methyl sites for hydroxylation is 2. The van der Waals surface area contributed by atoms with Gasteiger partial charge >= 0.3 is 0 Å². The summed E-state index contributed by atoms with van der Waals surface area (Å²) in [5, 5.41) is 0. The lowest BCUT2D eigenvalue weighted by Gasteiger charge is -2.33. The first-order chi connectivity index (χ1) is 15.9. The van der Waals surface area contributed by atoms with Gasteiger partial charge in [-0.1, -0.05) is 43.8 Å². The molecule has 5 rings (SSSR count). The molecule has 0 N–H and O–H groups in total. The molecule has 0 unspecified atom stereocenters. The predicted molar refractivity (Wildman–Crippen MR) is 144 cm³/mol. The fourth-order valence-electron chi connectivity index (χ4n) is 5.37. The highest BCUT2D eigenvalue weighted by molar-refractivity contribution is 7.99. The van der Waals surface area contributed by atoms with E-state index in [1.807, 2.05) is 30.8 Å². The van der Waals surface area contributed by atoms with E-state index in [9.17, 15) is 0 Å². The molecule has 0 spiro atoms. The fourth-order valence-corrected chi connectivity index (χ4v) is 7.70. The first kappa shape index (κ1) is 22.8. The molecule has 1 aliphatic heterocycles. The van der Waals surface area contributed by atoms with Gasteiger partial charge in [0.1, 0.15) is 0 Å². The van der Waals surface area contributed by atoms with E-state index in [0.717, 1.165) is 17.5 Å². The summed E-state index contributed by atoms with van der Waals surface area (Å²) in [4.78, 5) is 8.61. The molecule has 4 heteroatoms. The quantitative estimate of drug-likeness (QED) is 0.281. The highest BCUT2D eigenvalue weighted by Gasteiger charge is 2.27. The van der Waals surface area contributed by atoms with E-state index in [4.69, 9.17) is 4.99 Å². The molecule has 1 fully saturated rings. The first-order valence-corrected chi connectivity index (χ1v) is 13.4. The van der Waals surface area contributed by atoms with Crippen LogP contribution in [0.2, 0.25) is 0 Å². The molecule has 2 atom stereocenters. The maximum Gasteiger partial charge on any atom is 0.0728 e. The molecule has 0 amide bonds. The van der Waals surface area contributed by atoms with Crippen molar-refractivity contribution in [2.45, 2.75) is 48.8 Å². The number of nitrogens with zero attached hydrogens (tertiary/aromatic N) is 2. The molecule has 170 valence electrons. The van der Waals surface area contributed by atoms with Gasteiger partial charge in [-0.3, -0.25) is 4.99 Å². The average molecular weight is 473 g/mol. The monoisotopic (exact) mass is 472 g/mol. The first-order valence-electron chi connectivity index (χ1n) is 11.8. The van der Waals surface area contributed by atoms with Crippen molar-refractivity contribution in [3.05, 3.63) is 76.9 Å². The average Bonchev–Trinajstić information content (AvgIpc) is 3.04. The lowest BCUT2D eigenvalue weighted by atomic mass is 9.94. The van der Waals surface area contributed by atoms with Crippen LogP contribution in [0.5, 0.6) is 0 Å². The van der Waals surface area contributed by atoms with E-state index in [1.54, 1.807) is 0 Å². The Balaban J connectivity index is 1.42. The van der Waals surface area contributed by atoms with Gasteiger partial charge in [0, 0.05) is 46.0 Å². The second-order valence-electron chi connectivity index (χ2n) is 9.80. The number of aliphatic imine (C=N–C) groups is 1. The summed E-state index contributed by atoms with van der Waals surface area (Å²) < 4.78 is 2.55. The molecule has 3 aromatic rings. The summed E-state index contributed by atoms with van der Waals surface area (Å²) in [7, 11) is 1.92. The maximum absolute atomic E-state index is 4.74. The van der Waals surface area contributed by atoms with Crippen LogP contribution >= 0.6 is 23.7 Å². The van der Waals surface area contributed by atoms with Gasteiger partial charge in [0.15, 0.2) is 0 Å². The van der Waals surface area contributed by atoms with Crippen molar-refractivity contribution in [1.29, 1.82) is 0 Å². The highest BCUT2D eigenvalue weighted by atomic mass is 32.2. The minimum Gasteiger partial charge on any atom is -0.287 e. The second kappa shape index (κ2) is 9.32. The Morgan fingerprint density at radius 2 is 1.30 bits per heavy atom. The SMILES string of the molecule is CN=C1c2cc(Sc3cc(C)cc(C)c3)ccc2-c2ccc(SN3C[C@H](C)C[C@H](C)C3)cc21. The van der Waals surface area contributed by atoms with Crippen LogP contribution in [0.3, 0.4) is 0 Å². The van der Waals surface area contributed by atoms with Crippen LogP contribution < -0.4 is 0 Å². The zero-order valence-corrected chi connectivity index (χ0v) is 21.8. The molecule has 1 aliphatic carbocycles. The molecular weight excluding hydrogens is 440 g/mol. The third kappa shape index (κ3) is 4.80. The summed E-state index contributed by atoms with van der Waals surface area (Å²) in [5.41, 5.74) is 8.86. The van der Waals surface area contributed by atoms with E-state index < -0.39 is 0 Å². The summed E-state index contributed by atoms with van der Waals surface area (Å²) >= 11 is 3.75. The topological polar surface area (TPSA) is 15.6 Å². The Morgan fingerprint density at radius 3 is 1.91 bits per heavy atom. The molecule has 0 aromatic heterocycles. The van der Waals surface area contributed by atoms with E-state index in [1.165, 1.54) is 67.6 Å². The number of rotatable bonds is 4. The van der Waals surface area contributed by atoms with Gasteiger partial charge in [-0.15, -0.1) is 0 Å². The number of piperidine rings is 1. The van der Waals surface area contributed by atoms with Crippen LogP contribution in [0.25, 0.3) is 11.1 Å². The van der Waals surface area contributed by atoms with Crippen molar-refractivity contribution < 1.29 is 0 Å². The molecule has 1 saturated heterocycles. The minimum absolute atomic E-state index is 0.765. The Labute approximate surface area is 207 Å². The Hall–Kier alpha value is -2.01. The standard InChI is InChI=1S/C29H32N2S2/c1-18-10-19(2)13-24(12-18)32-22-6-8-25-26-9-7-23(15-28(26)29(30-5)27(25)14-22)33-31-16-20(3)11-21(4)17-31/h6-10,12-15,20-21H,11,16-17H2,1-5H3/t20-,21+. The van der Waals surface area contributed by atoms with Crippen LogP contribution in [-0.2, 0) is 0 Å². The van der Waals surface area contributed by atoms with Gasteiger partial charge in [-0.2, -0.15) is 0 Å². The van der Waals surface area contributed by atoms with E-state index in [0.29, 0.717) is 0 Å². The molecule has 2 nitrogen and oxygen atoms in total. The van der Waals surface area contributed by atoms with Crippen molar-refractivity contribution in [3.8, 4) is 11.1 Å². The molecular formula is C29H32N2S2. The lowest BCUT2D eigenvalue weighted by molar-refractivity contribution is 0.237. The summed E-state index contributed by atoms with van der Waals surface area (Å²) in [5.74, 6) is 1.53. The normalized spacial score (nSPS) is 21.3. The van der Waals surface area contributed by atoms with Crippen LogP contribution in [0.4, 0.5) is 0 Å². The number of hydrogen-bond donors (Lipinski definition) is 0. The highest BCUT2D eigenvalue weighted by Crippen LogP contribution is 2.42. The molecule has 0 saturated carbocycles. The fraction of sp³-hybridized carbons (Fsp3) is 0.345. The van der Waals surface area contributed by atoms with Crippen molar-refractivity contribution in [2.24, 2.45) is 16.8 Å². The number of fused-ring (bicyclic) bond motifs is 3. The Kier molecular flexibility index (Phi) is 6.43. The van der Waals surface area contributed by atoms with Crippen molar-refractivity contribution in [2.75, 3.05) is 20.1 Å². The van der Waals surface area contributed by atoms with Crippen LogP contribution in [-0.4, -0.2) is 30.2 Å². The van der Waals surface area contributed by atoms with Gasteiger partial charge in [0.25, 0.3) is 0 Å². The van der Waals surface area contributed by atoms with Gasteiger partial charge in [0.2, 0.25) is 0 Å².